The van der Waals surface area contributed by atoms with Crippen LogP contribution < -0.4 is 10.2 Å². The van der Waals surface area contributed by atoms with Crippen molar-refractivity contribution < 1.29 is 17.9 Å². The van der Waals surface area contributed by atoms with E-state index in [4.69, 9.17) is 4.74 Å². The van der Waals surface area contributed by atoms with Crippen molar-refractivity contribution >= 4 is 29.5 Å². The van der Waals surface area contributed by atoms with Crippen molar-refractivity contribution in [1.29, 1.82) is 0 Å². The van der Waals surface area contributed by atoms with Crippen molar-refractivity contribution in [3.8, 4) is 5.75 Å². The molecule has 2 rings (SSSR count). The van der Waals surface area contributed by atoms with Crippen LogP contribution in [0.1, 0.15) is 50.2 Å². The van der Waals surface area contributed by atoms with Gasteiger partial charge in [-0.15, -0.1) is 0 Å². The van der Waals surface area contributed by atoms with E-state index >= 15 is 0 Å². The molecule has 31 heavy (non-hydrogen) atoms. The van der Waals surface area contributed by atoms with Crippen molar-refractivity contribution in [2.24, 2.45) is 0 Å². The maximum atomic E-state index is 13.2. The Morgan fingerprint density at radius 2 is 1.87 bits per heavy atom. The summed E-state index contributed by atoms with van der Waals surface area (Å²) in [6.07, 6.45) is 2.46. The second-order valence-corrected chi connectivity index (χ2v) is 16.6. The Morgan fingerprint density at radius 1 is 1.23 bits per heavy atom. The lowest BCUT2D eigenvalue weighted by molar-refractivity contribution is 0.0987. The molecule has 0 aliphatic carbocycles. The third-order valence-corrected chi connectivity index (χ3v) is 13.2. The van der Waals surface area contributed by atoms with Crippen molar-refractivity contribution in [2.75, 3.05) is 20.7 Å². The van der Waals surface area contributed by atoms with Gasteiger partial charge in [-0.2, -0.15) is 12.7 Å². The lowest BCUT2D eigenvalue weighted by Gasteiger charge is -2.36. The van der Waals surface area contributed by atoms with Crippen LogP contribution in [0, 0.1) is 0 Å². The molecule has 2 aromatic rings. The van der Waals surface area contributed by atoms with E-state index in [0.717, 1.165) is 0 Å². The van der Waals surface area contributed by atoms with Crippen LogP contribution in [0.5, 0.6) is 5.75 Å². The topological polar surface area (TPSA) is 81.5 Å². The van der Waals surface area contributed by atoms with E-state index in [1.165, 1.54) is 22.4 Å². The lowest BCUT2D eigenvalue weighted by atomic mass is 10.1. The van der Waals surface area contributed by atoms with Gasteiger partial charge >= 0.3 is 10.2 Å². The van der Waals surface area contributed by atoms with Gasteiger partial charge in [0.25, 0.3) is 0 Å². The number of ether oxygens (including phenoxy) is 1. The normalized spacial score (nSPS) is 12.9. The SMILES string of the molecule is CCC(=O)c1cccc(OCCc2cnc([Si](C)(C)C(C)(C)C)n2S(=O)(=O)N(C)C)c1. The molecular weight excluding hydrogens is 430 g/mol. The van der Waals surface area contributed by atoms with Gasteiger partial charge in [-0.05, 0) is 17.2 Å². The molecule has 0 N–H and O–H groups in total. The van der Waals surface area contributed by atoms with Gasteiger partial charge < -0.3 is 4.74 Å². The van der Waals surface area contributed by atoms with Crippen molar-refractivity contribution in [3.05, 3.63) is 41.7 Å². The number of rotatable bonds is 9. The summed E-state index contributed by atoms with van der Waals surface area (Å²) in [5, 5.41) is -0.0715. The number of hydrogen-bond donors (Lipinski definition) is 0. The van der Waals surface area contributed by atoms with Gasteiger partial charge in [-0.3, -0.25) is 4.79 Å². The van der Waals surface area contributed by atoms with Crippen LogP contribution in [0.4, 0.5) is 0 Å². The minimum atomic E-state index is -3.73. The molecule has 0 aliphatic rings. The van der Waals surface area contributed by atoms with Crippen molar-refractivity contribution in [3.63, 3.8) is 0 Å². The maximum Gasteiger partial charge on any atom is 0.308 e. The van der Waals surface area contributed by atoms with E-state index in [9.17, 15) is 13.2 Å². The second kappa shape index (κ2) is 9.26. The van der Waals surface area contributed by atoms with E-state index in [2.05, 4.69) is 38.8 Å². The molecule has 172 valence electrons. The van der Waals surface area contributed by atoms with Crippen LogP contribution in [0.25, 0.3) is 0 Å². The highest BCUT2D eigenvalue weighted by molar-refractivity contribution is 7.87. The van der Waals surface area contributed by atoms with Crippen LogP contribution in [0.2, 0.25) is 18.1 Å². The minimum Gasteiger partial charge on any atom is -0.493 e. The van der Waals surface area contributed by atoms with E-state index in [1.807, 2.05) is 6.92 Å². The van der Waals surface area contributed by atoms with Crippen molar-refractivity contribution in [2.45, 2.75) is 58.7 Å². The Bertz CT molecular complexity index is 1040. The number of carbonyl (C=O) groups is 1. The molecule has 9 heteroatoms. The maximum absolute atomic E-state index is 13.2. The van der Waals surface area contributed by atoms with Gasteiger partial charge in [0.05, 0.1) is 12.3 Å². The molecule has 0 radical (unpaired) electrons. The van der Waals surface area contributed by atoms with E-state index in [0.29, 0.717) is 35.3 Å². The highest BCUT2D eigenvalue weighted by Gasteiger charge is 2.43. The molecule has 0 unspecified atom stereocenters. The molecular formula is C22H35N3O4SSi. The molecule has 0 aliphatic heterocycles. The fraction of sp³-hybridized carbons (Fsp3) is 0.545. The first-order chi connectivity index (χ1) is 14.2. The summed E-state index contributed by atoms with van der Waals surface area (Å²) in [6.45, 7) is 12.8. The molecule has 0 amide bonds. The summed E-state index contributed by atoms with van der Waals surface area (Å²) in [7, 11) is -2.89. The van der Waals surface area contributed by atoms with Gasteiger partial charge in [0.15, 0.2) is 5.78 Å². The molecule has 0 saturated heterocycles. The molecule has 0 saturated carbocycles. The summed E-state index contributed by atoms with van der Waals surface area (Å²) in [6, 6.07) is 7.07. The third kappa shape index (κ3) is 5.27. The first-order valence-corrected chi connectivity index (χ1v) is 14.9. The average molecular weight is 466 g/mol. The monoisotopic (exact) mass is 465 g/mol. The average Bonchev–Trinajstić information content (AvgIpc) is 3.12. The van der Waals surface area contributed by atoms with Gasteiger partial charge in [-0.1, -0.05) is 52.9 Å². The third-order valence-electron chi connectivity index (χ3n) is 6.02. The zero-order valence-corrected chi connectivity index (χ0v) is 21.7. The number of ketones is 1. The highest BCUT2D eigenvalue weighted by atomic mass is 32.2. The Kier molecular flexibility index (Phi) is 7.55. The number of carbonyl (C=O) groups excluding carboxylic acids is 1. The summed E-state index contributed by atoms with van der Waals surface area (Å²) in [5.74, 6) is 0.644. The van der Waals surface area contributed by atoms with Gasteiger partial charge in [0.1, 0.15) is 19.3 Å². The Hall–Kier alpha value is -1.97. The fourth-order valence-electron chi connectivity index (χ4n) is 2.95. The number of Topliss-reactive ketones (excluding diaryl/α,β-unsaturated/α-hetero) is 1. The molecule has 1 aromatic carbocycles. The Morgan fingerprint density at radius 3 is 2.42 bits per heavy atom. The van der Waals surface area contributed by atoms with Crippen LogP contribution in [0.3, 0.4) is 0 Å². The quantitative estimate of drug-likeness (QED) is 0.418. The zero-order valence-electron chi connectivity index (χ0n) is 19.9. The predicted octanol–water partition coefficient (Wildman–Crippen LogP) is 3.47. The number of aromatic nitrogens is 2. The lowest BCUT2D eigenvalue weighted by Crippen LogP contribution is -2.56. The summed E-state index contributed by atoms with van der Waals surface area (Å²) >= 11 is 0. The molecule has 0 fully saturated rings. The van der Waals surface area contributed by atoms with Crippen LogP contribution in [-0.2, 0) is 16.6 Å². The molecule has 1 heterocycles. The Balaban J connectivity index is 2.35. The second-order valence-electron chi connectivity index (χ2n) is 9.41. The van der Waals surface area contributed by atoms with Gasteiger partial charge in [0, 0.05) is 38.7 Å². The summed E-state index contributed by atoms with van der Waals surface area (Å²) in [5.41, 5.74) is 1.84. The fourth-order valence-corrected chi connectivity index (χ4v) is 6.72. The van der Waals surface area contributed by atoms with E-state index < -0.39 is 18.3 Å². The Labute approximate surface area is 187 Å². The number of benzene rings is 1. The smallest absolute Gasteiger partial charge is 0.308 e. The molecule has 0 bridgehead atoms. The highest BCUT2D eigenvalue weighted by Crippen LogP contribution is 2.35. The first kappa shape index (κ1) is 25.3. The largest absolute Gasteiger partial charge is 0.493 e. The minimum absolute atomic E-state index is 0.0552. The molecule has 0 spiro atoms. The van der Waals surface area contributed by atoms with E-state index in [-0.39, 0.29) is 17.4 Å². The van der Waals surface area contributed by atoms with E-state index in [1.54, 1.807) is 30.5 Å². The van der Waals surface area contributed by atoms with Gasteiger partial charge in [-0.25, -0.2) is 8.96 Å². The standard InChI is InChI=1S/C22H35N3O4SSi/c1-9-20(26)17-11-10-12-19(15-17)29-14-13-18-16-23-21(31(7,8)22(2,3)4)25(18)30(27,28)24(5)6/h10-12,15-16H,9,13-14H2,1-8H3. The number of hydrogen-bond acceptors (Lipinski definition) is 5. The van der Waals surface area contributed by atoms with Crippen LogP contribution in [-0.4, -0.2) is 56.2 Å². The molecule has 7 nitrogen and oxygen atoms in total. The zero-order chi connectivity index (χ0) is 23.6. The first-order valence-electron chi connectivity index (χ1n) is 10.5. The van der Waals surface area contributed by atoms with Crippen LogP contribution in [0.15, 0.2) is 30.5 Å². The summed E-state index contributed by atoms with van der Waals surface area (Å²) in [4.78, 5) is 16.5. The van der Waals surface area contributed by atoms with Crippen molar-refractivity contribution in [1.82, 2.24) is 13.3 Å². The number of nitrogens with zero attached hydrogens (tertiary/aromatic N) is 3. The van der Waals surface area contributed by atoms with Gasteiger partial charge in [0.2, 0.25) is 0 Å². The number of imidazole rings is 1. The molecule has 1 aromatic heterocycles. The van der Waals surface area contributed by atoms with Crippen LogP contribution >= 0.6 is 0 Å². The summed E-state index contributed by atoms with van der Waals surface area (Å²) < 4.78 is 34.8. The predicted molar refractivity (Wildman–Crippen MR) is 127 cm³/mol. The molecule has 0 atom stereocenters.